The van der Waals surface area contributed by atoms with Gasteiger partial charge in [0.15, 0.2) is 0 Å². The quantitative estimate of drug-likeness (QED) is 0.392. The predicted molar refractivity (Wildman–Crippen MR) is 82.9 cm³/mol. The summed E-state index contributed by atoms with van der Waals surface area (Å²) in [6, 6.07) is 10.00. The minimum absolute atomic E-state index is 0.196. The van der Waals surface area contributed by atoms with E-state index in [2.05, 4.69) is 9.28 Å². The van der Waals surface area contributed by atoms with E-state index in [9.17, 15) is 30.8 Å². The Balaban J connectivity index is 2.32. The summed E-state index contributed by atoms with van der Waals surface area (Å²) in [6.07, 6.45) is 0. The van der Waals surface area contributed by atoms with Crippen molar-refractivity contribution in [3.63, 3.8) is 0 Å². The molecule has 11 heteroatoms. The maximum Gasteiger partial charge on any atom is 0.534 e. The molecule has 0 fully saturated rings. The normalized spacial score (nSPS) is 12.3. The number of rotatable bonds is 3. The Morgan fingerprint density at radius 1 is 0.962 bits per heavy atom. The molecule has 136 valence electrons. The van der Waals surface area contributed by atoms with E-state index in [0.29, 0.717) is 4.68 Å². The molecule has 3 aromatic rings. The molecule has 0 spiro atoms. The molecule has 2 aromatic carbocycles. The molecule has 26 heavy (non-hydrogen) atoms. The van der Waals surface area contributed by atoms with Crippen LogP contribution in [0.15, 0.2) is 53.3 Å². The monoisotopic (exact) mass is 388 g/mol. The van der Waals surface area contributed by atoms with Gasteiger partial charge >= 0.3 is 15.6 Å². The molecule has 3 rings (SSSR count). The van der Waals surface area contributed by atoms with Crippen molar-refractivity contribution in [3.05, 3.63) is 64.7 Å². The molecule has 0 aliphatic carbocycles. The zero-order valence-electron chi connectivity index (χ0n) is 12.6. The van der Waals surface area contributed by atoms with Crippen molar-refractivity contribution in [2.75, 3.05) is 0 Å². The van der Waals surface area contributed by atoms with Gasteiger partial charge in [0.05, 0.1) is 10.8 Å². The SMILES string of the molecule is O=c1c2ccccc2c(OS(=O)(=O)C(F)(F)F)nn1-c1ccccc1F. The van der Waals surface area contributed by atoms with Crippen LogP contribution in [0.25, 0.3) is 16.5 Å². The topological polar surface area (TPSA) is 78.3 Å². The first-order chi connectivity index (χ1) is 12.1. The van der Waals surface area contributed by atoms with Crippen molar-refractivity contribution in [1.29, 1.82) is 0 Å². The number of aromatic nitrogens is 2. The summed E-state index contributed by atoms with van der Waals surface area (Å²) in [5, 5.41) is 3.03. The summed E-state index contributed by atoms with van der Waals surface area (Å²) >= 11 is 0. The fraction of sp³-hybridized carbons (Fsp3) is 0.0667. The summed E-state index contributed by atoms with van der Waals surface area (Å²) in [7, 11) is -6.04. The van der Waals surface area contributed by atoms with Crippen molar-refractivity contribution in [3.8, 4) is 11.6 Å². The van der Waals surface area contributed by atoms with E-state index in [4.69, 9.17) is 0 Å². The number of para-hydroxylation sites is 1. The first-order valence-electron chi connectivity index (χ1n) is 6.89. The van der Waals surface area contributed by atoms with Crippen LogP contribution in [0.1, 0.15) is 0 Å². The third-order valence-electron chi connectivity index (χ3n) is 3.32. The molecule has 0 N–H and O–H groups in total. The average Bonchev–Trinajstić information content (AvgIpc) is 2.57. The van der Waals surface area contributed by atoms with Crippen LogP contribution in [-0.2, 0) is 10.1 Å². The maximum absolute atomic E-state index is 14.0. The summed E-state index contributed by atoms with van der Waals surface area (Å²) in [4.78, 5) is 12.5. The summed E-state index contributed by atoms with van der Waals surface area (Å²) in [5.41, 5.74) is -6.94. The van der Waals surface area contributed by atoms with Crippen LogP contribution in [0.3, 0.4) is 0 Å². The number of nitrogens with zero attached hydrogens (tertiary/aromatic N) is 2. The van der Waals surface area contributed by atoms with Crippen LogP contribution in [-0.4, -0.2) is 23.7 Å². The zero-order valence-corrected chi connectivity index (χ0v) is 13.4. The average molecular weight is 388 g/mol. The second-order valence-corrected chi connectivity index (χ2v) is 6.54. The number of hydrogen-bond donors (Lipinski definition) is 0. The number of benzene rings is 2. The van der Waals surface area contributed by atoms with E-state index in [1.165, 1.54) is 30.3 Å². The Morgan fingerprint density at radius 2 is 1.54 bits per heavy atom. The van der Waals surface area contributed by atoms with Crippen LogP contribution in [0, 0.1) is 5.82 Å². The Kier molecular flexibility index (Phi) is 4.18. The zero-order chi connectivity index (χ0) is 19.1. The van der Waals surface area contributed by atoms with Gasteiger partial charge in [-0.2, -0.15) is 26.3 Å². The fourth-order valence-electron chi connectivity index (χ4n) is 2.16. The minimum Gasteiger partial charge on any atom is -0.353 e. The molecule has 6 nitrogen and oxygen atoms in total. The van der Waals surface area contributed by atoms with Crippen LogP contribution in [0.2, 0.25) is 0 Å². The van der Waals surface area contributed by atoms with Gasteiger partial charge in [0.1, 0.15) is 11.5 Å². The first kappa shape index (κ1) is 17.9. The highest BCUT2D eigenvalue weighted by Crippen LogP contribution is 2.29. The van der Waals surface area contributed by atoms with Crippen molar-refractivity contribution >= 4 is 20.9 Å². The summed E-state index contributed by atoms with van der Waals surface area (Å²) in [5.74, 6) is -1.89. The van der Waals surface area contributed by atoms with Gasteiger partial charge < -0.3 is 4.18 Å². The van der Waals surface area contributed by atoms with E-state index < -0.39 is 32.9 Å². The van der Waals surface area contributed by atoms with Crippen molar-refractivity contribution in [1.82, 2.24) is 9.78 Å². The van der Waals surface area contributed by atoms with Crippen LogP contribution in [0.4, 0.5) is 17.6 Å². The number of halogens is 4. The maximum atomic E-state index is 14.0. The molecular formula is C15H8F4N2O4S. The molecule has 0 aliphatic heterocycles. The fourth-order valence-corrected chi connectivity index (χ4v) is 2.59. The predicted octanol–water partition coefficient (Wildman–Crippen LogP) is 2.75. The molecule has 0 saturated carbocycles. The lowest BCUT2D eigenvalue weighted by Crippen LogP contribution is -2.30. The van der Waals surface area contributed by atoms with Gasteiger partial charge in [0.2, 0.25) is 0 Å². The van der Waals surface area contributed by atoms with Gasteiger partial charge in [-0.15, -0.1) is 5.10 Å². The minimum atomic E-state index is -6.04. The van der Waals surface area contributed by atoms with E-state index in [0.717, 1.165) is 18.2 Å². The molecule has 0 saturated heterocycles. The molecule has 0 radical (unpaired) electrons. The van der Waals surface area contributed by atoms with Gasteiger partial charge in [-0.05, 0) is 24.3 Å². The molecular weight excluding hydrogens is 380 g/mol. The summed E-state index contributed by atoms with van der Waals surface area (Å²) < 4.78 is 79.0. The standard InChI is InChI=1S/C15H8F4N2O4S/c16-11-7-3-4-8-12(11)21-14(22)10-6-2-1-5-9(10)13(20-21)25-26(23,24)15(17,18)19/h1-8H. The van der Waals surface area contributed by atoms with E-state index in [1.54, 1.807) is 0 Å². The number of hydrogen-bond acceptors (Lipinski definition) is 5. The second kappa shape index (κ2) is 6.09. The number of alkyl halides is 3. The highest BCUT2D eigenvalue weighted by Gasteiger charge is 2.49. The number of fused-ring (bicyclic) bond motifs is 1. The summed E-state index contributed by atoms with van der Waals surface area (Å²) in [6.45, 7) is 0. The van der Waals surface area contributed by atoms with Crippen molar-refractivity contribution in [2.24, 2.45) is 0 Å². The Bertz CT molecular complexity index is 1160. The third kappa shape index (κ3) is 3.01. The molecule has 0 amide bonds. The van der Waals surface area contributed by atoms with Crippen LogP contribution in [0.5, 0.6) is 5.88 Å². The largest absolute Gasteiger partial charge is 0.534 e. The molecule has 0 aliphatic rings. The lowest BCUT2D eigenvalue weighted by molar-refractivity contribution is -0.0501. The molecule has 0 bridgehead atoms. The lowest BCUT2D eigenvalue weighted by Gasteiger charge is -2.13. The van der Waals surface area contributed by atoms with E-state index in [1.807, 2.05) is 0 Å². The molecule has 1 heterocycles. The molecule has 0 atom stereocenters. The van der Waals surface area contributed by atoms with Gasteiger partial charge in [-0.1, -0.05) is 24.3 Å². The van der Waals surface area contributed by atoms with Crippen molar-refractivity contribution < 1.29 is 30.2 Å². The first-order valence-corrected chi connectivity index (χ1v) is 8.30. The molecule has 1 aromatic heterocycles. The Labute approximate surface area is 143 Å². The van der Waals surface area contributed by atoms with Crippen LogP contribution >= 0.6 is 0 Å². The highest BCUT2D eigenvalue weighted by atomic mass is 32.2. The second-order valence-electron chi connectivity index (χ2n) is 5.00. The smallest absolute Gasteiger partial charge is 0.353 e. The van der Waals surface area contributed by atoms with Gasteiger partial charge in [0.25, 0.3) is 11.4 Å². The Hall–Kier alpha value is -2.95. The van der Waals surface area contributed by atoms with E-state index >= 15 is 0 Å². The lowest BCUT2D eigenvalue weighted by atomic mass is 10.2. The van der Waals surface area contributed by atoms with Crippen LogP contribution < -0.4 is 9.74 Å². The Morgan fingerprint density at radius 3 is 2.15 bits per heavy atom. The van der Waals surface area contributed by atoms with Gasteiger partial charge in [0, 0.05) is 0 Å². The van der Waals surface area contributed by atoms with E-state index in [-0.39, 0.29) is 16.5 Å². The molecule has 0 unspecified atom stereocenters. The van der Waals surface area contributed by atoms with Crippen molar-refractivity contribution in [2.45, 2.75) is 5.51 Å². The van der Waals surface area contributed by atoms with Gasteiger partial charge in [-0.25, -0.2) is 4.39 Å². The van der Waals surface area contributed by atoms with Gasteiger partial charge in [-0.3, -0.25) is 4.79 Å². The highest BCUT2D eigenvalue weighted by molar-refractivity contribution is 7.88. The third-order valence-corrected chi connectivity index (χ3v) is 4.27.